The average Bonchev–Trinajstić information content (AvgIpc) is 2.70. The molecule has 0 unspecified atom stereocenters. The highest BCUT2D eigenvalue weighted by atomic mass is 16.2. The second-order valence-electron chi connectivity index (χ2n) is 5.87. The first-order valence-corrected chi connectivity index (χ1v) is 8.32. The highest BCUT2D eigenvalue weighted by Crippen LogP contribution is 2.20. The van der Waals surface area contributed by atoms with Crippen LogP contribution in [-0.2, 0) is 0 Å². The summed E-state index contributed by atoms with van der Waals surface area (Å²) in [7, 11) is 0. The lowest BCUT2D eigenvalue weighted by Gasteiger charge is -2.10. The van der Waals surface area contributed by atoms with Crippen LogP contribution in [0.5, 0.6) is 0 Å². The molecule has 3 aromatic rings. The van der Waals surface area contributed by atoms with Gasteiger partial charge in [-0.15, -0.1) is 0 Å². The number of aryl methyl sites for hydroxylation is 1. The van der Waals surface area contributed by atoms with E-state index in [0.717, 1.165) is 5.56 Å². The molecule has 0 saturated carbocycles. The average molecular weight is 342 g/mol. The molecule has 128 valence electrons. The molecule has 4 heteroatoms. The Hall–Kier alpha value is -3.40. The van der Waals surface area contributed by atoms with Crippen LogP contribution >= 0.6 is 0 Å². The number of ketones is 2. The van der Waals surface area contributed by atoms with E-state index in [0.29, 0.717) is 16.8 Å². The van der Waals surface area contributed by atoms with Crippen LogP contribution in [0.25, 0.3) is 0 Å². The van der Waals surface area contributed by atoms with Gasteiger partial charge in [0.25, 0.3) is 0 Å². The van der Waals surface area contributed by atoms with Crippen LogP contribution in [0.3, 0.4) is 0 Å². The van der Waals surface area contributed by atoms with Crippen molar-refractivity contribution >= 4 is 17.3 Å². The monoisotopic (exact) mass is 342 g/mol. The third-order valence-corrected chi connectivity index (χ3v) is 4.01. The Bertz CT molecular complexity index is 883. The minimum absolute atomic E-state index is 0.364. The molecule has 0 amide bonds. The lowest BCUT2D eigenvalue weighted by Crippen LogP contribution is -2.28. The molecule has 0 aromatic heterocycles. The van der Waals surface area contributed by atoms with E-state index in [1.54, 1.807) is 54.6 Å². The van der Waals surface area contributed by atoms with E-state index in [4.69, 9.17) is 0 Å². The molecule has 4 nitrogen and oxygen atoms in total. The minimum atomic E-state index is -1.21. The number of carbonyl (C=O) groups is 2. The zero-order valence-electron chi connectivity index (χ0n) is 14.4. The second-order valence-corrected chi connectivity index (χ2v) is 5.87. The number of rotatable bonds is 6. The molecule has 3 rings (SSSR count). The van der Waals surface area contributed by atoms with Gasteiger partial charge in [0.2, 0.25) is 0 Å². The van der Waals surface area contributed by atoms with Crippen LogP contribution in [0.4, 0.5) is 5.69 Å². The fourth-order valence-electron chi connectivity index (χ4n) is 2.54. The maximum atomic E-state index is 12.9. The molecule has 0 heterocycles. The van der Waals surface area contributed by atoms with Crippen LogP contribution in [0.15, 0.2) is 95.2 Å². The summed E-state index contributed by atoms with van der Waals surface area (Å²) in [5.41, 5.74) is 2.43. The van der Waals surface area contributed by atoms with Gasteiger partial charge < -0.3 is 0 Å². The lowest BCUT2D eigenvalue weighted by atomic mass is 9.97. The summed E-state index contributed by atoms with van der Waals surface area (Å²) >= 11 is 0. The predicted molar refractivity (Wildman–Crippen MR) is 101 cm³/mol. The molecule has 0 aliphatic rings. The van der Waals surface area contributed by atoms with Gasteiger partial charge in [-0.1, -0.05) is 78.9 Å². The van der Waals surface area contributed by atoms with Gasteiger partial charge in [-0.3, -0.25) is 9.59 Å². The molecule has 0 atom stereocenters. The van der Waals surface area contributed by atoms with E-state index in [9.17, 15) is 9.59 Å². The first-order chi connectivity index (χ1) is 12.7. The van der Waals surface area contributed by atoms with Crippen LogP contribution in [-0.4, -0.2) is 17.6 Å². The number of hydrogen-bond acceptors (Lipinski definition) is 4. The van der Waals surface area contributed by atoms with Crippen molar-refractivity contribution in [2.45, 2.75) is 13.0 Å². The first kappa shape index (κ1) is 17.4. The maximum absolute atomic E-state index is 12.9. The summed E-state index contributed by atoms with van der Waals surface area (Å²) in [6.45, 7) is 1.90. The summed E-state index contributed by atoms with van der Waals surface area (Å²) in [4.78, 5) is 25.8. The summed E-state index contributed by atoms with van der Waals surface area (Å²) in [6.07, 6.45) is 0. The van der Waals surface area contributed by atoms with E-state index in [1.165, 1.54) is 0 Å². The second kappa shape index (κ2) is 8.12. The predicted octanol–water partition coefficient (Wildman–Crippen LogP) is 5.21. The molecule has 0 spiro atoms. The van der Waals surface area contributed by atoms with Crippen LogP contribution in [0.1, 0.15) is 26.3 Å². The van der Waals surface area contributed by atoms with Gasteiger partial charge in [-0.2, -0.15) is 10.2 Å². The third-order valence-electron chi connectivity index (χ3n) is 4.01. The van der Waals surface area contributed by atoms with Gasteiger partial charge in [0.1, 0.15) is 0 Å². The van der Waals surface area contributed by atoms with E-state index >= 15 is 0 Å². The number of azo groups is 1. The molecule has 0 bridgehead atoms. The van der Waals surface area contributed by atoms with Gasteiger partial charge in [-0.25, -0.2) is 0 Å². The van der Waals surface area contributed by atoms with Crippen LogP contribution in [0, 0.1) is 6.92 Å². The van der Waals surface area contributed by atoms with Crippen LogP contribution < -0.4 is 0 Å². The quantitative estimate of drug-likeness (QED) is 0.350. The van der Waals surface area contributed by atoms with E-state index < -0.39 is 6.04 Å². The molecule has 0 fully saturated rings. The Balaban J connectivity index is 1.97. The summed E-state index contributed by atoms with van der Waals surface area (Å²) in [6, 6.07) is 23.6. The number of nitrogens with zero attached hydrogens (tertiary/aromatic N) is 2. The fraction of sp³-hybridized carbons (Fsp3) is 0.0909. The van der Waals surface area contributed by atoms with Crippen molar-refractivity contribution in [2.75, 3.05) is 0 Å². The Morgan fingerprint density at radius 1 is 0.692 bits per heavy atom. The Morgan fingerprint density at radius 3 is 1.65 bits per heavy atom. The largest absolute Gasteiger partial charge is 0.291 e. The maximum Gasteiger partial charge on any atom is 0.197 e. The molecule has 0 aliphatic heterocycles. The smallest absolute Gasteiger partial charge is 0.197 e. The first-order valence-electron chi connectivity index (χ1n) is 8.32. The number of Topliss-reactive ketones (excluding diaryl/α,β-unsaturated/α-hetero) is 2. The Morgan fingerprint density at radius 2 is 1.15 bits per heavy atom. The molecule has 0 aliphatic carbocycles. The number of carbonyl (C=O) groups excluding carboxylic acids is 2. The molecule has 0 N–H and O–H groups in total. The number of benzene rings is 3. The summed E-state index contributed by atoms with van der Waals surface area (Å²) < 4.78 is 0. The van der Waals surface area contributed by atoms with Crippen molar-refractivity contribution in [1.82, 2.24) is 0 Å². The van der Waals surface area contributed by atoms with Crippen molar-refractivity contribution in [3.05, 3.63) is 102 Å². The van der Waals surface area contributed by atoms with Crippen LogP contribution in [0.2, 0.25) is 0 Å². The Kier molecular flexibility index (Phi) is 5.44. The van der Waals surface area contributed by atoms with Crippen molar-refractivity contribution in [2.24, 2.45) is 10.2 Å². The molecule has 0 radical (unpaired) electrons. The normalized spacial score (nSPS) is 11.0. The van der Waals surface area contributed by atoms with Gasteiger partial charge in [0, 0.05) is 11.1 Å². The molecule has 0 saturated heterocycles. The highest BCUT2D eigenvalue weighted by Gasteiger charge is 2.28. The standard InChI is InChI=1S/C22H18N2O2/c1-16-10-8-9-15-19(16)23-24-20(21(25)17-11-4-2-5-12-17)22(26)18-13-6-3-7-14-18/h2-15,20H,1H3. The van der Waals surface area contributed by atoms with Gasteiger partial charge in [0.05, 0.1) is 5.69 Å². The summed E-state index contributed by atoms with van der Waals surface area (Å²) in [5, 5.41) is 8.32. The van der Waals surface area contributed by atoms with E-state index in [1.807, 2.05) is 37.3 Å². The highest BCUT2D eigenvalue weighted by molar-refractivity contribution is 6.19. The van der Waals surface area contributed by atoms with Crippen molar-refractivity contribution in [3.8, 4) is 0 Å². The van der Waals surface area contributed by atoms with E-state index in [-0.39, 0.29) is 11.6 Å². The minimum Gasteiger partial charge on any atom is -0.291 e. The van der Waals surface area contributed by atoms with Crippen molar-refractivity contribution < 1.29 is 9.59 Å². The Labute approximate surface area is 152 Å². The third kappa shape index (κ3) is 3.98. The lowest BCUT2D eigenvalue weighted by molar-refractivity contribution is 0.0861. The van der Waals surface area contributed by atoms with Crippen molar-refractivity contribution in [1.29, 1.82) is 0 Å². The topological polar surface area (TPSA) is 58.9 Å². The summed E-state index contributed by atoms with van der Waals surface area (Å²) in [5.74, 6) is -0.728. The molecule has 26 heavy (non-hydrogen) atoms. The van der Waals surface area contributed by atoms with Gasteiger partial charge >= 0.3 is 0 Å². The molecular weight excluding hydrogens is 324 g/mol. The van der Waals surface area contributed by atoms with Crippen molar-refractivity contribution in [3.63, 3.8) is 0 Å². The van der Waals surface area contributed by atoms with Gasteiger partial charge in [-0.05, 0) is 18.6 Å². The van der Waals surface area contributed by atoms with Gasteiger partial charge in [0.15, 0.2) is 17.6 Å². The number of hydrogen-bond donors (Lipinski definition) is 0. The zero-order chi connectivity index (χ0) is 18.4. The van der Waals surface area contributed by atoms with E-state index in [2.05, 4.69) is 10.2 Å². The SMILES string of the molecule is Cc1ccccc1N=NC(C(=O)c1ccccc1)C(=O)c1ccccc1. The fourth-order valence-corrected chi connectivity index (χ4v) is 2.54. The molecular formula is C22H18N2O2. The zero-order valence-corrected chi connectivity index (χ0v) is 14.4. The molecule has 3 aromatic carbocycles.